The zero-order chi connectivity index (χ0) is 20.5. The summed E-state index contributed by atoms with van der Waals surface area (Å²) in [7, 11) is 4.08. The molecule has 0 fully saturated rings. The highest BCUT2D eigenvalue weighted by atomic mass is 16.5. The SMILES string of the molecule is CCOc1ccc([C@@H]2c3c(oc4ccccc4c3=O)C(=O)N2CC[NH+](C)C)cc1. The number of rotatable bonds is 6. The number of hydrogen-bond donors (Lipinski definition) is 1. The molecule has 0 aliphatic carbocycles. The fourth-order valence-corrected chi connectivity index (χ4v) is 3.80. The number of carbonyl (C=O) groups is 1. The van der Waals surface area contributed by atoms with Gasteiger partial charge in [0.1, 0.15) is 11.3 Å². The van der Waals surface area contributed by atoms with Gasteiger partial charge in [-0.2, -0.15) is 0 Å². The van der Waals surface area contributed by atoms with E-state index in [9.17, 15) is 9.59 Å². The van der Waals surface area contributed by atoms with Gasteiger partial charge in [0.2, 0.25) is 5.76 Å². The molecular formula is C23H25N2O4+. The third-order valence-corrected chi connectivity index (χ3v) is 5.23. The van der Waals surface area contributed by atoms with Gasteiger partial charge in [-0.05, 0) is 36.8 Å². The van der Waals surface area contributed by atoms with Gasteiger partial charge >= 0.3 is 0 Å². The lowest BCUT2D eigenvalue weighted by Gasteiger charge is -2.25. The molecule has 1 aromatic heterocycles. The van der Waals surface area contributed by atoms with Gasteiger partial charge in [-0.25, -0.2) is 0 Å². The number of ether oxygens (including phenoxy) is 1. The normalized spacial score (nSPS) is 15.9. The van der Waals surface area contributed by atoms with E-state index in [0.717, 1.165) is 17.9 Å². The van der Waals surface area contributed by atoms with Gasteiger partial charge < -0.3 is 19.0 Å². The summed E-state index contributed by atoms with van der Waals surface area (Å²) in [5.74, 6) is 0.681. The van der Waals surface area contributed by atoms with E-state index in [4.69, 9.17) is 9.15 Å². The van der Waals surface area contributed by atoms with Crippen LogP contribution in [0.3, 0.4) is 0 Å². The van der Waals surface area contributed by atoms with Crippen molar-refractivity contribution >= 4 is 16.9 Å². The molecule has 150 valence electrons. The van der Waals surface area contributed by atoms with E-state index in [-0.39, 0.29) is 17.1 Å². The second-order valence-corrected chi connectivity index (χ2v) is 7.53. The Kier molecular flexibility index (Phi) is 5.11. The van der Waals surface area contributed by atoms with Crippen molar-refractivity contribution in [2.45, 2.75) is 13.0 Å². The standard InChI is InChI=1S/C23H24N2O4/c1-4-28-16-11-9-15(10-12-16)20-19-21(26)17-7-5-6-8-18(17)29-22(19)23(27)25(20)14-13-24(2)3/h5-12,20H,4,13-14H2,1-3H3/p+1/t20-/m1/s1. The quantitative estimate of drug-likeness (QED) is 0.695. The van der Waals surface area contributed by atoms with Crippen LogP contribution in [0, 0.1) is 0 Å². The molecule has 0 bridgehead atoms. The van der Waals surface area contributed by atoms with Crippen molar-refractivity contribution in [2.75, 3.05) is 33.8 Å². The van der Waals surface area contributed by atoms with Gasteiger partial charge in [-0.3, -0.25) is 9.59 Å². The summed E-state index contributed by atoms with van der Waals surface area (Å²) >= 11 is 0. The highest BCUT2D eigenvalue weighted by molar-refractivity contribution is 5.99. The number of nitrogens with zero attached hydrogens (tertiary/aromatic N) is 1. The molecule has 1 N–H and O–H groups in total. The monoisotopic (exact) mass is 393 g/mol. The Morgan fingerprint density at radius 3 is 2.48 bits per heavy atom. The van der Waals surface area contributed by atoms with Crippen LogP contribution in [-0.2, 0) is 0 Å². The number of amides is 1. The minimum absolute atomic E-state index is 0.145. The van der Waals surface area contributed by atoms with E-state index in [1.807, 2.05) is 51.4 Å². The van der Waals surface area contributed by atoms with Crippen LogP contribution in [0.5, 0.6) is 5.75 Å². The zero-order valence-corrected chi connectivity index (χ0v) is 16.9. The van der Waals surface area contributed by atoms with Crippen molar-refractivity contribution in [1.29, 1.82) is 0 Å². The fourth-order valence-electron chi connectivity index (χ4n) is 3.80. The van der Waals surface area contributed by atoms with Crippen LogP contribution in [0.1, 0.15) is 34.6 Å². The summed E-state index contributed by atoms with van der Waals surface area (Å²) in [5, 5.41) is 0.495. The topological polar surface area (TPSA) is 64.2 Å². The molecule has 3 aromatic rings. The molecular weight excluding hydrogens is 368 g/mol. The van der Waals surface area contributed by atoms with Crippen molar-refractivity contribution in [3.8, 4) is 5.75 Å². The first kappa shape index (κ1) is 19.2. The number of likely N-dealkylation sites (N-methyl/N-ethyl adjacent to an activating group) is 1. The van der Waals surface area contributed by atoms with Crippen LogP contribution in [0.2, 0.25) is 0 Å². The zero-order valence-electron chi connectivity index (χ0n) is 16.9. The molecule has 0 spiro atoms. The lowest BCUT2D eigenvalue weighted by atomic mass is 9.98. The number of para-hydroxylation sites is 1. The minimum atomic E-state index is -0.464. The molecule has 1 atom stereocenters. The highest BCUT2D eigenvalue weighted by Crippen LogP contribution is 2.38. The maximum absolute atomic E-state index is 13.3. The Morgan fingerprint density at radius 2 is 1.79 bits per heavy atom. The van der Waals surface area contributed by atoms with E-state index in [1.165, 1.54) is 4.90 Å². The third kappa shape index (κ3) is 3.40. The summed E-state index contributed by atoms with van der Waals surface area (Å²) in [6.45, 7) is 3.80. The summed E-state index contributed by atoms with van der Waals surface area (Å²) in [5.41, 5.74) is 1.59. The molecule has 0 radical (unpaired) electrons. The van der Waals surface area contributed by atoms with E-state index in [1.54, 1.807) is 23.1 Å². The number of carbonyl (C=O) groups excluding carboxylic acids is 1. The molecule has 2 heterocycles. The molecule has 0 saturated carbocycles. The van der Waals surface area contributed by atoms with Crippen molar-refractivity contribution in [3.05, 3.63) is 75.6 Å². The Hall–Kier alpha value is -3.12. The Labute approximate surface area is 169 Å². The highest BCUT2D eigenvalue weighted by Gasteiger charge is 2.42. The largest absolute Gasteiger partial charge is 0.494 e. The van der Waals surface area contributed by atoms with Crippen molar-refractivity contribution < 1.29 is 18.8 Å². The molecule has 0 unspecified atom stereocenters. The first-order chi connectivity index (χ1) is 14.0. The number of fused-ring (bicyclic) bond motifs is 2. The number of benzene rings is 2. The van der Waals surface area contributed by atoms with Gasteiger partial charge in [0.05, 0.1) is 50.8 Å². The van der Waals surface area contributed by atoms with E-state index in [2.05, 4.69) is 0 Å². The number of hydrogen-bond acceptors (Lipinski definition) is 4. The fraction of sp³-hybridized carbons (Fsp3) is 0.304. The molecule has 0 saturated heterocycles. The summed E-state index contributed by atoms with van der Waals surface area (Å²) in [6.07, 6.45) is 0. The average molecular weight is 393 g/mol. The second kappa shape index (κ2) is 7.72. The molecule has 1 aliphatic rings. The van der Waals surface area contributed by atoms with Crippen LogP contribution in [0.15, 0.2) is 57.7 Å². The molecule has 4 rings (SSSR count). The predicted octanol–water partition coefficient (Wildman–Crippen LogP) is 1.88. The molecule has 6 nitrogen and oxygen atoms in total. The van der Waals surface area contributed by atoms with Gasteiger partial charge in [0, 0.05) is 0 Å². The lowest BCUT2D eigenvalue weighted by molar-refractivity contribution is -0.857. The first-order valence-electron chi connectivity index (χ1n) is 9.89. The van der Waals surface area contributed by atoms with Gasteiger partial charge in [-0.15, -0.1) is 0 Å². The Bertz CT molecular complexity index is 1100. The van der Waals surface area contributed by atoms with Crippen LogP contribution in [0.25, 0.3) is 11.0 Å². The van der Waals surface area contributed by atoms with E-state index >= 15 is 0 Å². The minimum Gasteiger partial charge on any atom is -0.494 e. The maximum atomic E-state index is 13.3. The number of quaternary nitrogens is 1. The van der Waals surface area contributed by atoms with Gasteiger partial charge in [0.25, 0.3) is 5.91 Å². The van der Waals surface area contributed by atoms with Crippen LogP contribution in [-0.4, -0.2) is 44.6 Å². The Balaban J connectivity index is 1.87. The molecule has 2 aromatic carbocycles. The van der Waals surface area contributed by atoms with Crippen LogP contribution < -0.4 is 15.1 Å². The van der Waals surface area contributed by atoms with Crippen molar-refractivity contribution in [3.63, 3.8) is 0 Å². The van der Waals surface area contributed by atoms with Gasteiger partial charge in [-0.1, -0.05) is 24.3 Å². The maximum Gasteiger partial charge on any atom is 0.291 e. The van der Waals surface area contributed by atoms with Crippen LogP contribution in [0.4, 0.5) is 0 Å². The summed E-state index contributed by atoms with van der Waals surface area (Å²) in [6, 6.07) is 14.2. The van der Waals surface area contributed by atoms with E-state index in [0.29, 0.717) is 29.7 Å². The summed E-state index contributed by atoms with van der Waals surface area (Å²) in [4.78, 5) is 29.5. The molecule has 6 heteroatoms. The third-order valence-electron chi connectivity index (χ3n) is 5.23. The van der Waals surface area contributed by atoms with Gasteiger partial charge in [0.15, 0.2) is 5.43 Å². The van der Waals surface area contributed by atoms with Crippen molar-refractivity contribution in [1.82, 2.24) is 4.90 Å². The Morgan fingerprint density at radius 1 is 1.07 bits per heavy atom. The van der Waals surface area contributed by atoms with E-state index < -0.39 is 6.04 Å². The first-order valence-corrected chi connectivity index (χ1v) is 9.89. The van der Waals surface area contributed by atoms with Crippen molar-refractivity contribution in [2.24, 2.45) is 0 Å². The predicted molar refractivity (Wildman–Crippen MR) is 111 cm³/mol. The second-order valence-electron chi connectivity index (χ2n) is 7.53. The molecule has 1 aliphatic heterocycles. The smallest absolute Gasteiger partial charge is 0.291 e. The average Bonchev–Trinajstić information content (AvgIpc) is 2.99. The number of nitrogens with one attached hydrogen (secondary N) is 1. The van der Waals surface area contributed by atoms with Crippen LogP contribution >= 0.6 is 0 Å². The summed E-state index contributed by atoms with van der Waals surface area (Å²) < 4.78 is 11.5. The molecule has 1 amide bonds. The molecule has 29 heavy (non-hydrogen) atoms. The lowest BCUT2D eigenvalue weighted by Crippen LogP contribution is -3.06.